The van der Waals surface area contributed by atoms with E-state index in [2.05, 4.69) is 21.3 Å². The molecule has 1 aromatic carbocycles. The van der Waals surface area contributed by atoms with Crippen LogP contribution in [0.25, 0.3) is 17.0 Å². The molecule has 1 fully saturated rings. The molecule has 1 saturated heterocycles. The fourth-order valence-electron chi connectivity index (χ4n) is 3.55. The number of benzene rings is 1. The Morgan fingerprint density at radius 1 is 1.23 bits per heavy atom. The van der Waals surface area contributed by atoms with Gasteiger partial charge in [0.05, 0.1) is 37.6 Å². The molecule has 4 rings (SSSR count). The van der Waals surface area contributed by atoms with E-state index in [0.717, 1.165) is 35.4 Å². The summed E-state index contributed by atoms with van der Waals surface area (Å²) in [6, 6.07) is 13.9. The highest BCUT2D eigenvalue weighted by atomic mass is 16.5. The Morgan fingerprint density at radius 2 is 2.07 bits per heavy atom. The Kier molecular flexibility index (Phi) is 6.06. The first-order valence-corrected chi connectivity index (χ1v) is 9.97. The summed E-state index contributed by atoms with van der Waals surface area (Å²) in [4.78, 5) is 19.0. The Balaban J connectivity index is 1.43. The lowest BCUT2D eigenvalue weighted by atomic mass is 10.1. The number of nitrogens with one attached hydrogen (secondary N) is 1. The number of aromatic nitrogens is 2. The van der Waals surface area contributed by atoms with Crippen molar-refractivity contribution >= 4 is 34.4 Å². The number of fused-ring (bicyclic) bond motifs is 1. The third-order valence-corrected chi connectivity index (χ3v) is 5.05. The van der Waals surface area contributed by atoms with Crippen LogP contribution >= 0.6 is 0 Å². The summed E-state index contributed by atoms with van der Waals surface area (Å²) in [6.45, 7) is 3.68. The minimum Gasteiger partial charge on any atom is -0.378 e. The van der Waals surface area contributed by atoms with Gasteiger partial charge in [0.15, 0.2) is 0 Å². The number of morpholine rings is 1. The minimum atomic E-state index is -0.218. The Bertz CT molecular complexity index is 1090. The molecule has 0 aliphatic carbocycles. The molecule has 30 heavy (non-hydrogen) atoms. The first-order valence-electron chi connectivity index (χ1n) is 9.97. The molecule has 1 N–H and O–H groups in total. The van der Waals surface area contributed by atoms with E-state index in [1.165, 1.54) is 6.08 Å². The Hall–Kier alpha value is -3.63. The Labute approximate surface area is 175 Å². The van der Waals surface area contributed by atoms with Gasteiger partial charge in [-0.05, 0) is 24.3 Å². The average molecular weight is 401 g/mol. The van der Waals surface area contributed by atoms with Gasteiger partial charge in [-0.15, -0.1) is 0 Å². The van der Waals surface area contributed by atoms with Gasteiger partial charge in [-0.25, -0.2) is 4.98 Å². The zero-order valence-electron chi connectivity index (χ0n) is 16.6. The molecule has 0 unspecified atom stereocenters. The van der Waals surface area contributed by atoms with Gasteiger partial charge < -0.3 is 19.5 Å². The highest BCUT2D eigenvalue weighted by Gasteiger charge is 2.12. The largest absolute Gasteiger partial charge is 0.378 e. The number of anilines is 2. The first kappa shape index (κ1) is 19.7. The molecular formula is C23H23N5O2. The highest BCUT2D eigenvalue weighted by molar-refractivity contribution is 6.03. The Morgan fingerprint density at radius 3 is 2.83 bits per heavy atom. The minimum absolute atomic E-state index is 0.218. The van der Waals surface area contributed by atoms with Gasteiger partial charge in [-0.2, -0.15) is 5.26 Å². The molecular weight excluding hydrogens is 378 g/mol. The maximum atomic E-state index is 12.4. The van der Waals surface area contributed by atoms with E-state index < -0.39 is 0 Å². The first-order chi connectivity index (χ1) is 14.7. The number of carbonyl (C=O) groups excluding carboxylic acids is 1. The molecule has 3 heterocycles. The van der Waals surface area contributed by atoms with Crippen LogP contribution in [-0.2, 0) is 16.1 Å². The van der Waals surface area contributed by atoms with Crippen LogP contribution in [0.4, 0.5) is 11.5 Å². The van der Waals surface area contributed by atoms with E-state index in [-0.39, 0.29) is 5.91 Å². The molecule has 3 aromatic rings. The lowest BCUT2D eigenvalue weighted by Gasteiger charge is -2.27. The molecule has 0 saturated carbocycles. The topological polar surface area (TPSA) is 83.2 Å². The van der Waals surface area contributed by atoms with Crippen molar-refractivity contribution in [3.05, 3.63) is 60.4 Å². The van der Waals surface area contributed by atoms with Crippen molar-refractivity contribution in [1.29, 1.82) is 5.26 Å². The third kappa shape index (κ3) is 4.50. The third-order valence-electron chi connectivity index (χ3n) is 5.05. The summed E-state index contributed by atoms with van der Waals surface area (Å²) in [5, 5.41) is 12.8. The lowest BCUT2D eigenvalue weighted by Crippen LogP contribution is -2.36. The lowest BCUT2D eigenvalue weighted by molar-refractivity contribution is -0.111. The SMILES string of the molecule is N#CCCn1cc(/C=C/C(=O)Nc2ccc(N3CCOCC3)nc2)c2ccccc21. The van der Waals surface area contributed by atoms with Crippen LogP contribution in [0, 0.1) is 11.3 Å². The van der Waals surface area contributed by atoms with Crippen LogP contribution in [0.1, 0.15) is 12.0 Å². The fourth-order valence-corrected chi connectivity index (χ4v) is 3.55. The van der Waals surface area contributed by atoms with Crippen LogP contribution in [0.3, 0.4) is 0 Å². The number of pyridine rings is 1. The molecule has 1 amide bonds. The molecule has 0 radical (unpaired) electrons. The van der Waals surface area contributed by atoms with E-state index in [1.807, 2.05) is 47.2 Å². The molecule has 7 heteroatoms. The monoisotopic (exact) mass is 401 g/mol. The molecule has 7 nitrogen and oxygen atoms in total. The van der Waals surface area contributed by atoms with E-state index in [9.17, 15) is 4.79 Å². The van der Waals surface area contributed by atoms with Gasteiger partial charge >= 0.3 is 0 Å². The number of aryl methyl sites for hydroxylation is 1. The predicted molar refractivity (Wildman–Crippen MR) is 117 cm³/mol. The summed E-state index contributed by atoms with van der Waals surface area (Å²) >= 11 is 0. The van der Waals surface area contributed by atoms with E-state index >= 15 is 0 Å². The van der Waals surface area contributed by atoms with Crippen molar-refractivity contribution in [1.82, 2.24) is 9.55 Å². The average Bonchev–Trinajstić information content (AvgIpc) is 3.15. The predicted octanol–water partition coefficient (Wildman–Crippen LogP) is 3.44. The normalized spacial score (nSPS) is 14.2. The smallest absolute Gasteiger partial charge is 0.248 e. The summed E-state index contributed by atoms with van der Waals surface area (Å²) < 4.78 is 7.40. The number of nitriles is 1. The van der Waals surface area contributed by atoms with Gasteiger partial charge in [-0.3, -0.25) is 4.79 Å². The second-order valence-electron chi connectivity index (χ2n) is 7.03. The number of carbonyl (C=O) groups is 1. The van der Waals surface area contributed by atoms with Crippen molar-refractivity contribution in [2.24, 2.45) is 0 Å². The van der Waals surface area contributed by atoms with Crippen molar-refractivity contribution in [2.75, 3.05) is 36.5 Å². The molecule has 2 aromatic heterocycles. The molecule has 0 spiro atoms. The quantitative estimate of drug-likeness (QED) is 0.640. The van der Waals surface area contributed by atoms with E-state index in [1.54, 1.807) is 12.3 Å². The summed E-state index contributed by atoms with van der Waals surface area (Å²) in [5.74, 6) is 0.668. The summed E-state index contributed by atoms with van der Waals surface area (Å²) in [5.41, 5.74) is 2.65. The summed E-state index contributed by atoms with van der Waals surface area (Å²) in [6.07, 6.45) is 7.41. The van der Waals surface area contributed by atoms with Crippen LogP contribution in [0.15, 0.2) is 54.9 Å². The zero-order chi connectivity index (χ0) is 20.8. The maximum Gasteiger partial charge on any atom is 0.248 e. The zero-order valence-corrected chi connectivity index (χ0v) is 16.6. The van der Waals surface area contributed by atoms with Crippen molar-refractivity contribution in [3.8, 4) is 6.07 Å². The summed E-state index contributed by atoms with van der Waals surface area (Å²) in [7, 11) is 0. The molecule has 0 bridgehead atoms. The number of hydrogen-bond donors (Lipinski definition) is 1. The van der Waals surface area contributed by atoms with Gasteiger partial charge in [0.25, 0.3) is 0 Å². The van der Waals surface area contributed by atoms with Gasteiger partial charge in [-0.1, -0.05) is 18.2 Å². The van der Waals surface area contributed by atoms with Gasteiger partial charge in [0.2, 0.25) is 5.91 Å². The van der Waals surface area contributed by atoms with E-state index in [4.69, 9.17) is 10.00 Å². The maximum absolute atomic E-state index is 12.4. The highest BCUT2D eigenvalue weighted by Crippen LogP contribution is 2.23. The van der Waals surface area contributed by atoms with Crippen molar-refractivity contribution in [3.63, 3.8) is 0 Å². The van der Waals surface area contributed by atoms with Gasteiger partial charge in [0, 0.05) is 48.4 Å². The number of amides is 1. The van der Waals surface area contributed by atoms with Crippen molar-refractivity contribution < 1.29 is 9.53 Å². The second kappa shape index (κ2) is 9.25. The second-order valence-corrected chi connectivity index (χ2v) is 7.03. The van der Waals surface area contributed by atoms with Crippen LogP contribution in [0.5, 0.6) is 0 Å². The van der Waals surface area contributed by atoms with Crippen molar-refractivity contribution in [2.45, 2.75) is 13.0 Å². The van der Waals surface area contributed by atoms with Crippen LogP contribution < -0.4 is 10.2 Å². The molecule has 1 aliphatic heterocycles. The standard InChI is InChI=1S/C23H23N5O2/c24-10-3-11-28-17-18(20-4-1-2-5-21(20)28)6-9-23(29)26-19-7-8-22(25-16-19)27-12-14-30-15-13-27/h1-2,4-9,16-17H,3,11-15H2,(H,26,29)/b9-6+. The fraction of sp³-hybridized carbons (Fsp3) is 0.261. The number of para-hydroxylation sites is 1. The molecule has 1 aliphatic rings. The number of nitrogens with zero attached hydrogens (tertiary/aromatic N) is 4. The number of rotatable bonds is 6. The van der Waals surface area contributed by atoms with Gasteiger partial charge in [0.1, 0.15) is 5.82 Å². The van der Waals surface area contributed by atoms with E-state index in [0.29, 0.717) is 31.9 Å². The van der Waals surface area contributed by atoms with Crippen LogP contribution in [0.2, 0.25) is 0 Å². The number of ether oxygens (including phenoxy) is 1. The molecule has 152 valence electrons. The number of hydrogen-bond acceptors (Lipinski definition) is 5. The van der Waals surface area contributed by atoms with Crippen LogP contribution in [-0.4, -0.2) is 41.8 Å². The molecule has 0 atom stereocenters.